The largest absolute Gasteiger partial charge is 0.496 e. The van der Waals surface area contributed by atoms with Gasteiger partial charge in [-0.3, -0.25) is 0 Å². The highest BCUT2D eigenvalue weighted by atomic mass is 16.5. The van der Waals surface area contributed by atoms with Crippen LogP contribution in [0.25, 0.3) is 0 Å². The van der Waals surface area contributed by atoms with E-state index in [9.17, 15) is 5.11 Å². The van der Waals surface area contributed by atoms with Crippen LogP contribution in [0.2, 0.25) is 0 Å². The third-order valence-electron chi connectivity index (χ3n) is 4.65. The van der Waals surface area contributed by atoms with Gasteiger partial charge in [-0.2, -0.15) is 0 Å². The summed E-state index contributed by atoms with van der Waals surface area (Å²) in [6.45, 7) is 7.20. The van der Waals surface area contributed by atoms with Crippen molar-refractivity contribution in [3.05, 3.63) is 28.8 Å². The Morgan fingerprint density at radius 1 is 1.37 bits per heavy atom. The first kappa shape index (κ1) is 14.4. The molecule has 0 aliphatic carbocycles. The molecule has 2 rings (SSSR count). The van der Waals surface area contributed by atoms with E-state index in [1.165, 1.54) is 5.56 Å². The lowest BCUT2D eigenvalue weighted by Gasteiger charge is -2.42. The van der Waals surface area contributed by atoms with Crippen LogP contribution in [-0.4, -0.2) is 36.8 Å². The summed E-state index contributed by atoms with van der Waals surface area (Å²) in [5, 5.41) is 11.1. The lowest BCUT2D eigenvalue weighted by atomic mass is 9.80. The van der Waals surface area contributed by atoms with Crippen molar-refractivity contribution >= 4 is 0 Å². The molecule has 0 bridgehead atoms. The molecule has 2 unspecified atom stereocenters. The molecule has 0 amide bonds. The molecule has 1 aromatic carbocycles. The van der Waals surface area contributed by atoms with E-state index in [-0.39, 0.29) is 0 Å². The second-order valence-electron chi connectivity index (χ2n) is 5.90. The van der Waals surface area contributed by atoms with Gasteiger partial charge in [0.2, 0.25) is 0 Å². The van der Waals surface area contributed by atoms with Crippen LogP contribution in [0, 0.1) is 13.8 Å². The highest BCUT2D eigenvalue weighted by molar-refractivity contribution is 5.48. The molecule has 1 saturated heterocycles. The van der Waals surface area contributed by atoms with E-state index < -0.39 is 5.60 Å². The van der Waals surface area contributed by atoms with Gasteiger partial charge in [0, 0.05) is 18.2 Å². The van der Waals surface area contributed by atoms with E-state index in [2.05, 4.69) is 38.8 Å². The minimum atomic E-state index is -0.768. The van der Waals surface area contributed by atoms with Gasteiger partial charge in [-0.1, -0.05) is 12.1 Å². The Kier molecular flexibility index (Phi) is 3.88. The van der Waals surface area contributed by atoms with Crippen molar-refractivity contribution in [3.63, 3.8) is 0 Å². The van der Waals surface area contributed by atoms with Gasteiger partial charge in [0.05, 0.1) is 12.7 Å². The lowest BCUT2D eigenvalue weighted by molar-refractivity contribution is -0.0422. The van der Waals surface area contributed by atoms with Crippen molar-refractivity contribution in [2.24, 2.45) is 0 Å². The van der Waals surface area contributed by atoms with E-state index >= 15 is 0 Å². The molecule has 2 atom stereocenters. The van der Waals surface area contributed by atoms with Crippen molar-refractivity contribution in [2.45, 2.75) is 45.3 Å². The number of likely N-dealkylation sites (tertiary alicyclic amines) is 1. The molecule has 106 valence electrons. The summed E-state index contributed by atoms with van der Waals surface area (Å²) in [5.41, 5.74) is 2.50. The zero-order valence-corrected chi connectivity index (χ0v) is 12.7. The van der Waals surface area contributed by atoms with Crippen molar-refractivity contribution in [1.82, 2.24) is 4.90 Å². The Morgan fingerprint density at radius 2 is 2.05 bits per heavy atom. The van der Waals surface area contributed by atoms with Gasteiger partial charge < -0.3 is 14.7 Å². The summed E-state index contributed by atoms with van der Waals surface area (Å²) in [6.07, 6.45) is 1.51. The number of aliphatic hydroxyl groups is 1. The Bertz CT molecular complexity index is 472. The second kappa shape index (κ2) is 5.14. The first-order valence-corrected chi connectivity index (χ1v) is 6.96. The minimum Gasteiger partial charge on any atom is -0.496 e. The third-order valence-corrected chi connectivity index (χ3v) is 4.65. The molecule has 0 spiro atoms. The first-order valence-electron chi connectivity index (χ1n) is 6.96. The molecule has 0 radical (unpaired) electrons. The molecular formula is C16H25NO2. The monoisotopic (exact) mass is 263 g/mol. The fourth-order valence-electron chi connectivity index (χ4n) is 2.99. The van der Waals surface area contributed by atoms with Gasteiger partial charge in [0.1, 0.15) is 5.75 Å². The molecule has 1 aliphatic heterocycles. The molecule has 3 nitrogen and oxygen atoms in total. The second-order valence-corrected chi connectivity index (χ2v) is 5.90. The van der Waals surface area contributed by atoms with Crippen LogP contribution in [0.3, 0.4) is 0 Å². The molecule has 1 aromatic rings. The number of benzene rings is 1. The predicted octanol–water partition coefficient (Wildman–Crippen LogP) is 2.61. The van der Waals surface area contributed by atoms with Gasteiger partial charge >= 0.3 is 0 Å². The zero-order valence-electron chi connectivity index (χ0n) is 12.7. The fraction of sp³-hybridized carbons (Fsp3) is 0.625. The van der Waals surface area contributed by atoms with Gasteiger partial charge in [0.25, 0.3) is 0 Å². The van der Waals surface area contributed by atoms with Crippen LogP contribution in [0.1, 0.15) is 36.5 Å². The lowest BCUT2D eigenvalue weighted by Crippen LogP contribution is -2.46. The molecule has 1 N–H and O–H groups in total. The van der Waals surface area contributed by atoms with Crippen molar-refractivity contribution in [3.8, 4) is 5.75 Å². The van der Waals surface area contributed by atoms with Crippen LogP contribution in [0.15, 0.2) is 12.1 Å². The van der Waals surface area contributed by atoms with Crippen molar-refractivity contribution < 1.29 is 9.84 Å². The van der Waals surface area contributed by atoms with Gasteiger partial charge in [-0.25, -0.2) is 0 Å². The average molecular weight is 263 g/mol. The molecule has 3 heteroatoms. The van der Waals surface area contributed by atoms with Crippen LogP contribution < -0.4 is 4.74 Å². The fourth-order valence-corrected chi connectivity index (χ4v) is 2.99. The Morgan fingerprint density at radius 3 is 2.63 bits per heavy atom. The minimum absolute atomic E-state index is 0.380. The average Bonchev–Trinajstić information content (AvgIpc) is 2.37. The number of rotatable bonds is 2. The highest BCUT2D eigenvalue weighted by Gasteiger charge is 2.38. The number of nitrogens with zero attached hydrogens (tertiary/aromatic N) is 1. The number of aryl methyl sites for hydroxylation is 1. The van der Waals surface area contributed by atoms with Crippen molar-refractivity contribution in [1.29, 1.82) is 0 Å². The molecule has 0 saturated carbocycles. The van der Waals surface area contributed by atoms with Gasteiger partial charge in [-0.15, -0.1) is 0 Å². The quantitative estimate of drug-likeness (QED) is 0.890. The van der Waals surface area contributed by atoms with E-state index in [1.54, 1.807) is 7.11 Å². The number of hydrogen-bond donors (Lipinski definition) is 1. The van der Waals surface area contributed by atoms with E-state index in [4.69, 9.17) is 4.74 Å². The maximum absolute atomic E-state index is 11.1. The van der Waals surface area contributed by atoms with E-state index in [1.807, 2.05) is 6.07 Å². The van der Waals surface area contributed by atoms with E-state index in [0.29, 0.717) is 6.04 Å². The summed E-state index contributed by atoms with van der Waals surface area (Å²) in [5.74, 6) is 0.847. The summed E-state index contributed by atoms with van der Waals surface area (Å²) >= 11 is 0. The molecule has 1 aliphatic rings. The number of methoxy groups -OCH3 is 1. The molecule has 1 heterocycles. The van der Waals surface area contributed by atoms with Crippen LogP contribution >= 0.6 is 0 Å². The highest BCUT2D eigenvalue weighted by Crippen LogP contribution is 2.41. The predicted molar refractivity (Wildman–Crippen MR) is 77.7 cm³/mol. The normalized spacial score (nSPS) is 28.4. The number of hydrogen-bond acceptors (Lipinski definition) is 3. The Balaban J connectivity index is 2.44. The van der Waals surface area contributed by atoms with Crippen LogP contribution in [0.4, 0.5) is 0 Å². The first-order chi connectivity index (χ1) is 8.89. The summed E-state index contributed by atoms with van der Waals surface area (Å²) < 4.78 is 5.56. The maximum atomic E-state index is 11.1. The summed E-state index contributed by atoms with van der Waals surface area (Å²) in [7, 11) is 3.80. The molecular weight excluding hydrogens is 238 g/mol. The van der Waals surface area contributed by atoms with E-state index in [0.717, 1.165) is 36.3 Å². The standard InChI is InChI=1S/C16H25NO2/c1-11-6-7-14(15(19-5)13(11)3)16(18)8-9-17(4)12(2)10-16/h6-7,12,18H,8-10H2,1-5H3. The Labute approximate surface area is 116 Å². The Hall–Kier alpha value is -1.06. The summed E-state index contributed by atoms with van der Waals surface area (Å²) in [6, 6.07) is 4.48. The third kappa shape index (κ3) is 2.49. The number of piperidine rings is 1. The smallest absolute Gasteiger partial charge is 0.128 e. The van der Waals surface area contributed by atoms with Crippen LogP contribution in [-0.2, 0) is 5.60 Å². The SMILES string of the molecule is COc1c(C2(O)CCN(C)C(C)C2)ccc(C)c1C. The van der Waals surface area contributed by atoms with Gasteiger partial charge in [0.15, 0.2) is 0 Å². The van der Waals surface area contributed by atoms with Gasteiger partial charge in [-0.05, 0) is 51.8 Å². The molecule has 19 heavy (non-hydrogen) atoms. The maximum Gasteiger partial charge on any atom is 0.128 e. The summed E-state index contributed by atoms with van der Waals surface area (Å²) in [4.78, 5) is 2.29. The molecule has 1 fully saturated rings. The molecule has 0 aromatic heterocycles. The van der Waals surface area contributed by atoms with Crippen LogP contribution in [0.5, 0.6) is 5.75 Å². The zero-order chi connectivity index (χ0) is 14.2. The number of ether oxygens (including phenoxy) is 1. The van der Waals surface area contributed by atoms with Crippen molar-refractivity contribution in [2.75, 3.05) is 20.7 Å². The topological polar surface area (TPSA) is 32.7 Å².